The van der Waals surface area contributed by atoms with E-state index in [1.807, 2.05) is 21.6 Å². The summed E-state index contributed by atoms with van der Waals surface area (Å²) in [5.74, 6) is 1.08. The van der Waals surface area contributed by atoms with Crippen LogP contribution in [0.25, 0.3) is 0 Å². The quantitative estimate of drug-likeness (QED) is 0.633. The first-order chi connectivity index (χ1) is 7.08. The number of nitrogens with zero attached hydrogens (tertiary/aromatic N) is 2. The molecule has 0 aromatic heterocycles. The Labute approximate surface area is 96.2 Å². The smallest absolute Gasteiger partial charge is 0.320 e. The largest absolute Gasteiger partial charge is 0.325 e. The lowest BCUT2D eigenvalue weighted by atomic mass is 10.2. The third-order valence-corrected chi connectivity index (χ3v) is 4.37. The zero-order chi connectivity index (χ0) is 10.9. The SMILES string of the molecule is CC1(C)CN(C(=O)N2CCCC2)CCS1. The van der Waals surface area contributed by atoms with Crippen LogP contribution >= 0.6 is 11.8 Å². The summed E-state index contributed by atoms with van der Waals surface area (Å²) in [6.07, 6.45) is 2.36. The number of likely N-dealkylation sites (tertiary alicyclic amines) is 1. The van der Waals surface area contributed by atoms with Crippen LogP contribution < -0.4 is 0 Å². The van der Waals surface area contributed by atoms with E-state index in [2.05, 4.69) is 13.8 Å². The first-order valence-electron chi connectivity index (χ1n) is 5.76. The highest BCUT2D eigenvalue weighted by atomic mass is 32.2. The molecule has 2 aliphatic rings. The van der Waals surface area contributed by atoms with Gasteiger partial charge in [-0.2, -0.15) is 11.8 Å². The van der Waals surface area contributed by atoms with Crippen molar-refractivity contribution in [2.45, 2.75) is 31.4 Å². The second-order valence-corrected chi connectivity index (χ2v) is 6.81. The molecule has 0 spiro atoms. The molecule has 0 radical (unpaired) electrons. The maximum absolute atomic E-state index is 12.1. The number of hydrogen-bond acceptors (Lipinski definition) is 2. The summed E-state index contributed by atoms with van der Waals surface area (Å²) in [5, 5.41) is 0. The van der Waals surface area contributed by atoms with Crippen LogP contribution in [-0.4, -0.2) is 52.5 Å². The predicted molar refractivity (Wildman–Crippen MR) is 64.3 cm³/mol. The number of urea groups is 1. The van der Waals surface area contributed by atoms with E-state index in [1.165, 1.54) is 12.8 Å². The minimum atomic E-state index is 0.230. The number of carbonyl (C=O) groups is 1. The molecule has 86 valence electrons. The van der Waals surface area contributed by atoms with E-state index in [4.69, 9.17) is 0 Å². The van der Waals surface area contributed by atoms with Crippen molar-refractivity contribution in [2.24, 2.45) is 0 Å². The lowest BCUT2D eigenvalue weighted by Gasteiger charge is -2.39. The lowest BCUT2D eigenvalue weighted by Crippen LogP contribution is -2.50. The second kappa shape index (κ2) is 4.24. The normalized spacial score (nSPS) is 25.7. The summed E-state index contributed by atoms with van der Waals surface area (Å²) >= 11 is 1.97. The number of thioether (sulfide) groups is 1. The Hall–Kier alpha value is -0.380. The second-order valence-electron chi connectivity index (χ2n) is 5.01. The van der Waals surface area contributed by atoms with E-state index >= 15 is 0 Å². The summed E-state index contributed by atoms with van der Waals surface area (Å²) < 4.78 is 0.230. The summed E-state index contributed by atoms with van der Waals surface area (Å²) in [7, 11) is 0. The van der Waals surface area contributed by atoms with Gasteiger partial charge < -0.3 is 9.80 Å². The van der Waals surface area contributed by atoms with Gasteiger partial charge in [0.05, 0.1) is 0 Å². The van der Waals surface area contributed by atoms with Gasteiger partial charge in [-0.25, -0.2) is 4.79 Å². The molecule has 15 heavy (non-hydrogen) atoms. The highest BCUT2D eigenvalue weighted by molar-refractivity contribution is 8.00. The molecule has 0 unspecified atom stereocenters. The molecule has 2 rings (SSSR count). The third-order valence-electron chi connectivity index (χ3n) is 3.07. The fraction of sp³-hybridized carbons (Fsp3) is 0.909. The third kappa shape index (κ3) is 2.60. The molecule has 2 saturated heterocycles. The van der Waals surface area contributed by atoms with Crippen molar-refractivity contribution in [1.82, 2.24) is 9.80 Å². The highest BCUT2D eigenvalue weighted by Gasteiger charge is 2.32. The number of hydrogen-bond donors (Lipinski definition) is 0. The fourth-order valence-electron chi connectivity index (χ4n) is 2.29. The van der Waals surface area contributed by atoms with Crippen molar-refractivity contribution in [3.8, 4) is 0 Å². The Morgan fingerprint density at radius 2 is 1.80 bits per heavy atom. The summed E-state index contributed by atoms with van der Waals surface area (Å²) in [6.45, 7) is 8.18. The molecular weight excluding hydrogens is 208 g/mol. The van der Waals surface area contributed by atoms with Crippen molar-refractivity contribution in [3.63, 3.8) is 0 Å². The van der Waals surface area contributed by atoms with Gasteiger partial charge in [-0.05, 0) is 26.7 Å². The molecule has 0 atom stereocenters. The average Bonchev–Trinajstić information content (AvgIpc) is 2.67. The van der Waals surface area contributed by atoms with Crippen LogP contribution in [0.5, 0.6) is 0 Å². The first kappa shape index (κ1) is 11.1. The molecule has 0 aromatic carbocycles. The van der Waals surface area contributed by atoms with Crippen LogP contribution in [0.15, 0.2) is 0 Å². The van der Waals surface area contributed by atoms with Crippen LogP contribution in [0.4, 0.5) is 4.79 Å². The summed E-state index contributed by atoms with van der Waals surface area (Å²) in [4.78, 5) is 16.2. The minimum Gasteiger partial charge on any atom is -0.325 e. The summed E-state index contributed by atoms with van der Waals surface area (Å²) in [6, 6.07) is 0.265. The molecule has 0 saturated carbocycles. The maximum Gasteiger partial charge on any atom is 0.320 e. The summed E-state index contributed by atoms with van der Waals surface area (Å²) in [5.41, 5.74) is 0. The van der Waals surface area contributed by atoms with Gasteiger partial charge in [0.15, 0.2) is 0 Å². The van der Waals surface area contributed by atoms with Crippen molar-refractivity contribution in [3.05, 3.63) is 0 Å². The first-order valence-corrected chi connectivity index (χ1v) is 6.75. The van der Waals surface area contributed by atoms with Gasteiger partial charge in [-0.15, -0.1) is 0 Å². The molecule has 2 amide bonds. The number of carbonyl (C=O) groups excluding carboxylic acids is 1. The van der Waals surface area contributed by atoms with Crippen LogP contribution in [0, 0.1) is 0 Å². The van der Waals surface area contributed by atoms with Gasteiger partial charge in [0.25, 0.3) is 0 Å². The van der Waals surface area contributed by atoms with Crippen LogP contribution in [-0.2, 0) is 0 Å². The van der Waals surface area contributed by atoms with E-state index in [1.54, 1.807) is 0 Å². The minimum absolute atomic E-state index is 0.230. The highest BCUT2D eigenvalue weighted by Crippen LogP contribution is 2.30. The van der Waals surface area contributed by atoms with Gasteiger partial charge in [0.2, 0.25) is 0 Å². The zero-order valence-corrected chi connectivity index (χ0v) is 10.5. The van der Waals surface area contributed by atoms with Gasteiger partial charge in [0, 0.05) is 36.7 Å². The molecule has 0 aliphatic carbocycles. The molecular formula is C11H20N2OS. The molecule has 2 fully saturated rings. The molecule has 3 nitrogen and oxygen atoms in total. The van der Waals surface area contributed by atoms with Gasteiger partial charge in [0.1, 0.15) is 0 Å². The van der Waals surface area contributed by atoms with Crippen LogP contribution in [0.1, 0.15) is 26.7 Å². The predicted octanol–water partition coefficient (Wildman–Crippen LogP) is 2.03. The van der Waals surface area contributed by atoms with E-state index in [0.29, 0.717) is 0 Å². The molecule has 0 aromatic rings. The fourth-order valence-corrected chi connectivity index (χ4v) is 3.40. The van der Waals surface area contributed by atoms with Crippen LogP contribution in [0.2, 0.25) is 0 Å². The topological polar surface area (TPSA) is 23.6 Å². The van der Waals surface area contributed by atoms with Crippen molar-refractivity contribution in [1.29, 1.82) is 0 Å². The molecule has 0 bridgehead atoms. The van der Waals surface area contributed by atoms with E-state index in [9.17, 15) is 4.79 Å². The number of rotatable bonds is 0. The zero-order valence-electron chi connectivity index (χ0n) is 9.66. The van der Waals surface area contributed by atoms with E-state index in [0.717, 1.165) is 31.9 Å². The Balaban J connectivity index is 1.94. The van der Waals surface area contributed by atoms with Gasteiger partial charge in [-0.1, -0.05) is 0 Å². The molecule has 0 N–H and O–H groups in total. The van der Waals surface area contributed by atoms with Gasteiger partial charge in [-0.3, -0.25) is 0 Å². The molecule has 4 heteroatoms. The molecule has 2 heterocycles. The van der Waals surface area contributed by atoms with E-state index < -0.39 is 0 Å². The Morgan fingerprint density at radius 1 is 1.13 bits per heavy atom. The maximum atomic E-state index is 12.1. The Kier molecular flexibility index (Phi) is 3.14. The lowest BCUT2D eigenvalue weighted by molar-refractivity contribution is 0.160. The average molecular weight is 228 g/mol. The van der Waals surface area contributed by atoms with E-state index in [-0.39, 0.29) is 10.8 Å². The molecule has 2 aliphatic heterocycles. The van der Waals surface area contributed by atoms with Crippen molar-refractivity contribution >= 4 is 17.8 Å². The standard InChI is InChI=1S/C11H20N2OS/c1-11(2)9-13(7-8-15-11)10(14)12-5-3-4-6-12/h3-9H2,1-2H3. The monoisotopic (exact) mass is 228 g/mol. The van der Waals surface area contributed by atoms with Crippen LogP contribution in [0.3, 0.4) is 0 Å². The van der Waals surface area contributed by atoms with Crippen molar-refractivity contribution in [2.75, 3.05) is 31.9 Å². The Morgan fingerprint density at radius 3 is 2.40 bits per heavy atom. The van der Waals surface area contributed by atoms with Gasteiger partial charge >= 0.3 is 6.03 Å². The number of amides is 2. The van der Waals surface area contributed by atoms with Crippen molar-refractivity contribution < 1.29 is 4.79 Å². The Bertz CT molecular complexity index is 249.